The monoisotopic (exact) mass is 435 g/mol. The number of nitrogens with one attached hydrogen (secondary N) is 1. The van der Waals surface area contributed by atoms with Crippen LogP contribution in [-0.4, -0.2) is 42.3 Å². The molecule has 0 spiro atoms. The predicted octanol–water partition coefficient (Wildman–Crippen LogP) is 4.42. The molecular formula is C26H37N5O. The van der Waals surface area contributed by atoms with E-state index in [9.17, 15) is 4.79 Å². The molecule has 1 N–H and O–H groups in total. The van der Waals surface area contributed by atoms with Crippen molar-refractivity contribution in [2.24, 2.45) is 11.8 Å². The molecule has 2 aliphatic heterocycles. The van der Waals surface area contributed by atoms with Crippen LogP contribution in [0.1, 0.15) is 62.3 Å². The average Bonchev–Trinajstić information content (AvgIpc) is 2.79. The summed E-state index contributed by atoms with van der Waals surface area (Å²) in [7, 11) is 0. The summed E-state index contributed by atoms with van der Waals surface area (Å²) in [5.74, 6) is 2.75. The van der Waals surface area contributed by atoms with Crippen LogP contribution >= 0.6 is 0 Å². The zero-order valence-electron chi connectivity index (χ0n) is 20.0. The summed E-state index contributed by atoms with van der Waals surface area (Å²) < 4.78 is 0. The molecule has 6 heteroatoms. The van der Waals surface area contributed by atoms with Crippen molar-refractivity contribution in [3.05, 3.63) is 47.0 Å². The number of benzene rings is 1. The first-order chi connectivity index (χ1) is 15.4. The Labute approximate surface area is 192 Å². The molecule has 2 saturated heterocycles. The van der Waals surface area contributed by atoms with E-state index in [2.05, 4.69) is 83.3 Å². The smallest absolute Gasteiger partial charge is 0.225 e. The number of piperidine rings is 2. The molecule has 1 aromatic carbocycles. The summed E-state index contributed by atoms with van der Waals surface area (Å²) in [5, 5.41) is 12.3. The highest BCUT2D eigenvalue weighted by molar-refractivity contribution is 5.80. The van der Waals surface area contributed by atoms with Gasteiger partial charge in [-0.1, -0.05) is 30.7 Å². The number of hydrogen-bond donors (Lipinski definition) is 1. The van der Waals surface area contributed by atoms with Gasteiger partial charge in [0.1, 0.15) is 0 Å². The second-order valence-electron chi connectivity index (χ2n) is 9.79. The number of aryl methyl sites for hydroxylation is 2. The standard InChI is InChI=1S/C26H37N5O/c1-18-11-14-30(15-12-18)24-9-10-25(29-28-24)31-13-5-6-22(17-31)26(32)27-21(4)23-8-7-19(2)16-20(23)3/h7-10,16,18,21-22H,5-6,11-15,17H2,1-4H3,(H,27,32)/t21-,22-/m1/s1. The molecule has 2 aliphatic rings. The Morgan fingerprint density at radius 3 is 2.34 bits per heavy atom. The van der Waals surface area contributed by atoms with Crippen molar-refractivity contribution in [3.63, 3.8) is 0 Å². The fraction of sp³-hybridized carbons (Fsp3) is 0.577. The lowest BCUT2D eigenvalue weighted by molar-refractivity contribution is -0.125. The van der Waals surface area contributed by atoms with Crippen molar-refractivity contribution in [1.29, 1.82) is 0 Å². The molecule has 2 fully saturated rings. The van der Waals surface area contributed by atoms with Crippen LogP contribution in [-0.2, 0) is 4.79 Å². The van der Waals surface area contributed by atoms with Gasteiger partial charge in [-0.2, -0.15) is 0 Å². The first kappa shape index (κ1) is 22.6. The Balaban J connectivity index is 1.36. The summed E-state index contributed by atoms with van der Waals surface area (Å²) >= 11 is 0. The SMILES string of the molecule is Cc1ccc([C@@H](C)NC(=O)[C@@H]2CCCN(c3ccc(N4CCC(C)CC4)nn3)C2)c(C)c1. The number of carbonyl (C=O) groups is 1. The van der Waals surface area contributed by atoms with Crippen LogP contribution < -0.4 is 15.1 Å². The van der Waals surface area contributed by atoms with Crippen molar-refractivity contribution in [2.75, 3.05) is 36.0 Å². The van der Waals surface area contributed by atoms with Crippen LogP contribution in [0.4, 0.5) is 11.6 Å². The van der Waals surface area contributed by atoms with Crippen molar-refractivity contribution in [2.45, 2.75) is 59.4 Å². The van der Waals surface area contributed by atoms with E-state index in [-0.39, 0.29) is 17.9 Å². The highest BCUT2D eigenvalue weighted by Crippen LogP contribution is 2.26. The number of rotatable bonds is 5. The second kappa shape index (κ2) is 9.88. The Hall–Kier alpha value is -2.63. The van der Waals surface area contributed by atoms with Crippen LogP contribution in [0.5, 0.6) is 0 Å². The number of nitrogens with zero attached hydrogens (tertiary/aromatic N) is 4. The number of aromatic nitrogens is 2. The van der Waals surface area contributed by atoms with E-state index in [4.69, 9.17) is 0 Å². The molecule has 3 heterocycles. The Morgan fingerprint density at radius 1 is 1.00 bits per heavy atom. The zero-order valence-corrected chi connectivity index (χ0v) is 20.0. The van der Waals surface area contributed by atoms with Gasteiger partial charge in [0, 0.05) is 26.2 Å². The van der Waals surface area contributed by atoms with Crippen molar-refractivity contribution in [1.82, 2.24) is 15.5 Å². The summed E-state index contributed by atoms with van der Waals surface area (Å²) in [5.41, 5.74) is 3.65. The third kappa shape index (κ3) is 5.22. The van der Waals surface area contributed by atoms with Crippen LogP contribution in [0, 0.1) is 25.7 Å². The molecule has 172 valence electrons. The van der Waals surface area contributed by atoms with Gasteiger partial charge in [-0.25, -0.2) is 0 Å². The second-order valence-corrected chi connectivity index (χ2v) is 9.79. The average molecular weight is 436 g/mol. The van der Waals surface area contributed by atoms with Crippen LogP contribution in [0.15, 0.2) is 30.3 Å². The lowest BCUT2D eigenvalue weighted by Crippen LogP contribution is -2.44. The van der Waals surface area contributed by atoms with Gasteiger partial charge in [0.25, 0.3) is 0 Å². The topological polar surface area (TPSA) is 61.4 Å². The molecule has 2 aromatic rings. The first-order valence-electron chi connectivity index (χ1n) is 12.1. The summed E-state index contributed by atoms with van der Waals surface area (Å²) in [4.78, 5) is 17.6. The molecule has 1 aromatic heterocycles. The Kier molecular flexibility index (Phi) is 6.97. The van der Waals surface area contributed by atoms with E-state index in [1.54, 1.807) is 0 Å². The normalized spacial score (nSPS) is 20.8. The minimum atomic E-state index is -0.0259. The number of amides is 1. The molecule has 0 radical (unpaired) electrons. The maximum absolute atomic E-state index is 13.0. The molecule has 0 bridgehead atoms. The molecule has 6 nitrogen and oxygen atoms in total. The van der Waals surface area contributed by atoms with Gasteiger partial charge in [-0.15, -0.1) is 10.2 Å². The van der Waals surface area contributed by atoms with E-state index in [0.717, 1.165) is 50.0 Å². The molecular weight excluding hydrogens is 398 g/mol. The van der Waals surface area contributed by atoms with Gasteiger partial charge in [-0.3, -0.25) is 4.79 Å². The predicted molar refractivity (Wildman–Crippen MR) is 130 cm³/mol. The molecule has 0 aliphatic carbocycles. The van der Waals surface area contributed by atoms with E-state index in [1.807, 2.05) is 0 Å². The quantitative estimate of drug-likeness (QED) is 0.753. The Bertz CT molecular complexity index is 920. The van der Waals surface area contributed by atoms with Crippen LogP contribution in [0.25, 0.3) is 0 Å². The fourth-order valence-corrected chi connectivity index (χ4v) is 5.01. The molecule has 0 unspecified atom stereocenters. The lowest BCUT2D eigenvalue weighted by atomic mass is 9.95. The van der Waals surface area contributed by atoms with Gasteiger partial charge in [-0.05, 0) is 75.6 Å². The molecule has 1 amide bonds. The summed E-state index contributed by atoms with van der Waals surface area (Å²) in [6.07, 6.45) is 4.34. The minimum Gasteiger partial charge on any atom is -0.355 e. The molecule has 2 atom stereocenters. The first-order valence-corrected chi connectivity index (χ1v) is 12.1. The number of anilines is 2. The van der Waals surface area contributed by atoms with Gasteiger partial charge in [0.2, 0.25) is 5.91 Å². The highest BCUT2D eigenvalue weighted by Gasteiger charge is 2.28. The minimum absolute atomic E-state index is 0.00446. The van der Waals surface area contributed by atoms with E-state index in [1.165, 1.54) is 29.5 Å². The van der Waals surface area contributed by atoms with Gasteiger partial charge in [0.15, 0.2) is 11.6 Å². The van der Waals surface area contributed by atoms with E-state index >= 15 is 0 Å². The molecule has 0 saturated carbocycles. The highest BCUT2D eigenvalue weighted by atomic mass is 16.2. The van der Waals surface area contributed by atoms with Gasteiger partial charge >= 0.3 is 0 Å². The maximum Gasteiger partial charge on any atom is 0.225 e. The van der Waals surface area contributed by atoms with Crippen molar-refractivity contribution < 1.29 is 4.79 Å². The third-order valence-corrected chi connectivity index (χ3v) is 7.11. The number of hydrogen-bond acceptors (Lipinski definition) is 5. The molecule has 32 heavy (non-hydrogen) atoms. The summed E-state index contributed by atoms with van der Waals surface area (Å²) in [6, 6.07) is 10.6. The van der Waals surface area contributed by atoms with Gasteiger partial charge < -0.3 is 15.1 Å². The fourth-order valence-electron chi connectivity index (χ4n) is 5.01. The van der Waals surface area contributed by atoms with Crippen molar-refractivity contribution >= 4 is 17.5 Å². The van der Waals surface area contributed by atoms with Crippen LogP contribution in [0.2, 0.25) is 0 Å². The van der Waals surface area contributed by atoms with Crippen molar-refractivity contribution in [3.8, 4) is 0 Å². The Morgan fingerprint density at radius 2 is 1.69 bits per heavy atom. The van der Waals surface area contributed by atoms with E-state index in [0.29, 0.717) is 6.54 Å². The maximum atomic E-state index is 13.0. The lowest BCUT2D eigenvalue weighted by Gasteiger charge is -2.34. The van der Waals surface area contributed by atoms with E-state index < -0.39 is 0 Å². The number of carbonyl (C=O) groups excluding carboxylic acids is 1. The molecule has 4 rings (SSSR count). The van der Waals surface area contributed by atoms with Gasteiger partial charge in [0.05, 0.1) is 12.0 Å². The zero-order chi connectivity index (χ0) is 22.7. The third-order valence-electron chi connectivity index (χ3n) is 7.11. The van der Waals surface area contributed by atoms with Crippen LogP contribution in [0.3, 0.4) is 0 Å². The summed E-state index contributed by atoms with van der Waals surface area (Å²) in [6.45, 7) is 12.3. The largest absolute Gasteiger partial charge is 0.355 e.